The molecule has 1 fully saturated rings. The van der Waals surface area contributed by atoms with Crippen LogP contribution in [0.5, 0.6) is 0 Å². The minimum absolute atomic E-state index is 0.139. The summed E-state index contributed by atoms with van der Waals surface area (Å²) in [5.74, 6) is -1.60. The molecule has 0 radical (unpaired) electrons. The monoisotopic (exact) mass is 321 g/mol. The Morgan fingerprint density at radius 1 is 1.26 bits per heavy atom. The van der Waals surface area contributed by atoms with Crippen LogP contribution in [0.25, 0.3) is 0 Å². The minimum atomic E-state index is -0.679. The maximum atomic E-state index is 11.7. The van der Waals surface area contributed by atoms with E-state index in [2.05, 4.69) is 10.9 Å². The molecule has 9 heteroatoms. The van der Waals surface area contributed by atoms with Gasteiger partial charge in [0.25, 0.3) is 17.5 Å². The molecule has 9 nitrogen and oxygen atoms in total. The Kier molecular flexibility index (Phi) is 4.89. The molecule has 0 bridgehead atoms. The summed E-state index contributed by atoms with van der Waals surface area (Å²) in [7, 11) is 0. The number of nitro groups is 1. The fourth-order valence-corrected chi connectivity index (χ4v) is 1.86. The van der Waals surface area contributed by atoms with Crippen LogP contribution in [0.3, 0.4) is 0 Å². The average Bonchev–Trinajstić information content (AvgIpc) is 3.27. The summed E-state index contributed by atoms with van der Waals surface area (Å²) < 4.78 is 4.80. The van der Waals surface area contributed by atoms with Crippen LogP contribution in [-0.2, 0) is 14.3 Å². The number of hydrogen-bond acceptors (Lipinski definition) is 6. The molecule has 1 aliphatic carbocycles. The predicted octanol–water partition coefficient (Wildman–Crippen LogP) is 0.555. The summed E-state index contributed by atoms with van der Waals surface area (Å²) in [4.78, 5) is 44.5. The van der Waals surface area contributed by atoms with Gasteiger partial charge in [-0.05, 0) is 24.5 Å². The second-order valence-electron chi connectivity index (χ2n) is 5.23. The highest BCUT2D eigenvalue weighted by molar-refractivity contribution is 5.95. The summed E-state index contributed by atoms with van der Waals surface area (Å²) in [5, 5.41) is 10.5. The average molecular weight is 321 g/mol. The fourth-order valence-electron chi connectivity index (χ4n) is 1.86. The zero-order chi connectivity index (χ0) is 17.0. The number of carbonyl (C=O) groups excluding carboxylic acids is 3. The normalized spacial score (nSPS) is 18.7. The van der Waals surface area contributed by atoms with Crippen LogP contribution >= 0.6 is 0 Å². The molecule has 1 aliphatic rings. The van der Waals surface area contributed by atoms with Crippen molar-refractivity contribution in [1.29, 1.82) is 0 Å². The van der Waals surface area contributed by atoms with Gasteiger partial charge in [0.1, 0.15) is 0 Å². The van der Waals surface area contributed by atoms with Crippen molar-refractivity contribution in [2.24, 2.45) is 11.8 Å². The first-order chi connectivity index (χ1) is 10.9. The number of ether oxygens (including phenoxy) is 1. The topological polar surface area (TPSA) is 128 Å². The molecular weight excluding hydrogens is 306 g/mol. The quantitative estimate of drug-likeness (QED) is 0.463. The highest BCUT2D eigenvalue weighted by Crippen LogP contribution is 2.38. The predicted molar refractivity (Wildman–Crippen MR) is 76.9 cm³/mol. The fraction of sp³-hybridized carbons (Fsp3) is 0.357. The zero-order valence-electron chi connectivity index (χ0n) is 12.3. The van der Waals surface area contributed by atoms with E-state index in [-0.39, 0.29) is 23.1 Å². The summed E-state index contributed by atoms with van der Waals surface area (Å²) >= 11 is 0. The van der Waals surface area contributed by atoms with Crippen molar-refractivity contribution in [2.45, 2.75) is 13.3 Å². The van der Waals surface area contributed by atoms with Crippen molar-refractivity contribution in [3.8, 4) is 0 Å². The lowest BCUT2D eigenvalue weighted by Crippen LogP contribution is -2.43. The molecule has 23 heavy (non-hydrogen) atoms. The molecule has 122 valence electrons. The molecule has 1 aromatic carbocycles. The van der Waals surface area contributed by atoms with Gasteiger partial charge in [0.15, 0.2) is 6.61 Å². The van der Waals surface area contributed by atoms with E-state index in [1.54, 1.807) is 0 Å². The first-order valence-electron chi connectivity index (χ1n) is 6.88. The van der Waals surface area contributed by atoms with Gasteiger partial charge in [0.05, 0.1) is 10.8 Å². The van der Waals surface area contributed by atoms with E-state index in [0.717, 1.165) is 6.42 Å². The number of rotatable bonds is 5. The molecule has 2 amide bonds. The van der Waals surface area contributed by atoms with Crippen LogP contribution in [0, 0.1) is 22.0 Å². The molecule has 1 saturated carbocycles. The van der Waals surface area contributed by atoms with Crippen LogP contribution in [0.4, 0.5) is 5.69 Å². The van der Waals surface area contributed by atoms with Gasteiger partial charge in [0, 0.05) is 17.7 Å². The van der Waals surface area contributed by atoms with Crippen LogP contribution in [0.1, 0.15) is 23.7 Å². The van der Waals surface area contributed by atoms with Gasteiger partial charge in [-0.3, -0.25) is 35.3 Å². The number of carbonyl (C=O) groups is 3. The second kappa shape index (κ2) is 6.86. The Hall–Kier alpha value is -2.97. The van der Waals surface area contributed by atoms with Crippen molar-refractivity contribution in [3.05, 3.63) is 39.9 Å². The van der Waals surface area contributed by atoms with Gasteiger partial charge >= 0.3 is 5.97 Å². The maximum Gasteiger partial charge on any atom is 0.309 e. The van der Waals surface area contributed by atoms with E-state index in [4.69, 9.17) is 4.74 Å². The molecule has 0 heterocycles. The number of esters is 1. The molecule has 1 aromatic rings. The lowest BCUT2D eigenvalue weighted by molar-refractivity contribution is -0.384. The van der Waals surface area contributed by atoms with Crippen molar-refractivity contribution in [1.82, 2.24) is 10.9 Å². The zero-order valence-corrected chi connectivity index (χ0v) is 12.3. The van der Waals surface area contributed by atoms with Crippen LogP contribution in [-0.4, -0.2) is 29.3 Å². The summed E-state index contributed by atoms with van der Waals surface area (Å²) in [6.07, 6.45) is 0.761. The Morgan fingerprint density at radius 3 is 2.39 bits per heavy atom. The first kappa shape index (κ1) is 16.4. The van der Waals surface area contributed by atoms with Gasteiger partial charge in [0.2, 0.25) is 0 Å². The molecule has 0 saturated heterocycles. The third-order valence-electron chi connectivity index (χ3n) is 3.41. The number of amides is 2. The summed E-state index contributed by atoms with van der Waals surface area (Å²) in [6.45, 7) is 1.43. The molecule has 0 unspecified atom stereocenters. The molecule has 0 spiro atoms. The largest absolute Gasteiger partial charge is 0.455 e. The van der Waals surface area contributed by atoms with Crippen molar-refractivity contribution in [3.63, 3.8) is 0 Å². The van der Waals surface area contributed by atoms with Crippen LogP contribution < -0.4 is 10.9 Å². The highest BCUT2D eigenvalue weighted by atomic mass is 16.6. The van der Waals surface area contributed by atoms with E-state index >= 15 is 0 Å². The molecule has 0 aromatic heterocycles. The third-order valence-corrected chi connectivity index (χ3v) is 3.41. The van der Waals surface area contributed by atoms with Gasteiger partial charge in [-0.25, -0.2) is 0 Å². The number of nitrogens with one attached hydrogen (secondary N) is 2. The van der Waals surface area contributed by atoms with Gasteiger partial charge in [-0.2, -0.15) is 0 Å². The van der Waals surface area contributed by atoms with E-state index in [0.29, 0.717) is 0 Å². The Balaban J connectivity index is 1.73. The van der Waals surface area contributed by atoms with Crippen LogP contribution in [0.15, 0.2) is 24.3 Å². The van der Waals surface area contributed by atoms with Gasteiger partial charge < -0.3 is 4.74 Å². The minimum Gasteiger partial charge on any atom is -0.455 e. The number of hydrazine groups is 1. The van der Waals surface area contributed by atoms with Crippen LogP contribution in [0.2, 0.25) is 0 Å². The highest BCUT2D eigenvalue weighted by Gasteiger charge is 2.40. The molecule has 2 atom stereocenters. The van der Waals surface area contributed by atoms with E-state index < -0.39 is 29.3 Å². The molecule has 2 N–H and O–H groups in total. The van der Waals surface area contributed by atoms with E-state index in [1.807, 2.05) is 6.92 Å². The Bertz CT molecular complexity index is 642. The molecule has 2 rings (SSSR count). The molecule has 0 aliphatic heterocycles. The third kappa shape index (κ3) is 4.50. The van der Waals surface area contributed by atoms with Gasteiger partial charge in [-0.1, -0.05) is 6.92 Å². The molecular formula is C14H15N3O6. The van der Waals surface area contributed by atoms with Crippen molar-refractivity contribution in [2.75, 3.05) is 6.61 Å². The van der Waals surface area contributed by atoms with E-state index in [1.165, 1.54) is 24.3 Å². The van der Waals surface area contributed by atoms with Crippen molar-refractivity contribution >= 4 is 23.5 Å². The maximum absolute atomic E-state index is 11.7. The van der Waals surface area contributed by atoms with E-state index in [9.17, 15) is 24.5 Å². The number of nitro benzene ring substituents is 1. The Morgan fingerprint density at radius 2 is 1.87 bits per heavy atom. The number of non-ortho nitro benzene ring substituents is 1. The lowest BCUT2D eigenvalue weighted by Gasteiger charge is -2.08. The first-order valence-corrected chi connectivity index (χ1v) is 6.88. The van der Waals surface area contributed by atoms with Crippen molar-refractivity contribution < 1.29 is 24.0 Å². The SMILES string of the molecule is C[C@@H]1C[C@H]1C(=O)OCC(=O)NNC(=O)c1ccc([N+](=O)[O-])cc1. The standard InChI is InChI=1S/C14H15N3O6/c1-8-6-11(8)14(20)23-7-12(18)15-16-13(19)9-2-4-10(5-3-9)17(21)22/h2-5,8,11H,6-7H2,1H3,(H,15,18)(H,16,19)/t8-,11-/m1/s1. The number of benzene rings is 1. The summed E-state index contributed by atoms with van der Waals surface area (Å²) in [5.41, 5.74) is 4.21. The Labute approximate surface area is 131 Å². The second-order valence-corrected chi connectivity index (χ2v) is 5.23. The van der Waals surface area contributed by atoms with Gasteiger partial charge in [-0.15, -0.1) is 0 Å². The number of nitrogens with zero attached hydrogens (tertiary/aromatic N) is 1. The smallest absolute Gasteiger partial charge is 0.309 e. The number of hydrogen-bond donors (Lipinski definition) is 2. The lowest BCUT2D eigenvalue weighted by atomic mass is 10.2. The summed E-state index contributed by atoms with van der Waals surface area (Å²) in [6, 6.07) is 4.87.